The molecule has 0 aliphatic heterocycles. The van der Waals surface area contributed by atoms with Gasteiger partial charge in [0.05, 0.1) is 4.92 Å². The molecule has 0 spiro atoms. The number of anilines is 1. The molecule has 0 aliphatic carbocycles. The van der Waals surface area contributed by atoms with Gasteiger partial charge in [-0.1, -0.05) is 0 Å². The Morgan fingerprint density at radius 2 is 2.33 bits per heavy atom. The largest absolute Gasteiger partial charge is 0.311 e. The van der Waals surface area contributed by atoms with Crippen molar-refractivity contribution in [2.75, 3.05) is 5.32 Å². The molecule has 0 aliphatic rings. The number of amides is 1. The number of carbonyl (C=O) groups is 1. The fourth-order valence-electron chi connectivity index (χ4n) is 0.905. The van der Waals surface area contributed by atoms with Gasteiger partial charge in [0.25, 0.3) is 0 Å². The van der Waals surface area contributed by atoms with Crippen molar-refractivity contribution in [3.05, 3.63) is 40.2 Å². The van der Waals surface area contributed by atoms with Gasteiger partial charge in [0.2, 0.25) is 12.1 Å². The highest BCUT2D eigenvalue weighted by molar-refractivity contribution is 5.87. The molecule has 78 valence electrons. The van der Waals surface area contributed by atoms with Crippen LogP contribution in [0.1, 0.15) is 12.5 Å². The highest BCUT2D eigenvalue weighted by Crippen LogP contribution is 2.06. The predicted octanol–water partition coefficient (Wildman–Crippen LogP) is 1.29. The third kappa shape index (κ3) is 3.99. The van der Waals surface area contributed by atoms with Crippen molar-refractivity contribution in [3.8, 4) is 0 Å². The second kappa shape index (κ2) is 4.85. The monoisotopic (exact) mass is 207 g/mol. The predicted molar refractivity (Wildman–Crippen MR) is 54.6 cm³/mol. The summed E-state index contributed by atoms with van der Waals surface area (Å²) in [5.41, 5.74) is 0.598. The molecule has 1 rings (SSSR count). The van der Waals surface area contributed by atoms with Crippen LogP contribution >= 0.6 is 0 Å². The molecule has 6 heteroatoms. The zero-order valence-corrected chi connectivity index (χ0v) is 8.01. The van der Waals surface area contributed by atoms with E-state index in [4.69, 9.17) is 0 Å². The number of pyridine rings is 1. The van der Waals surface area contributed by atoms with Crippen molar-refractivity contribution < 1.29 is 9.72 Å². The number of nitro groups is 1. The molecule has 1 aromatic heterocycles. The normalized spacial score (nSPS) is 10.2. The zero-order chi connectivity index (χ0) is 11.3. The fourth-order valence-corrected chi connectivity index (χ4v) is 0.905. The van der Waals surface area contributed by atoms with E-state index in [0.717, 1.165) is 6.20 Å². The summed E-state index contributed by atoms with van der Waals surface area (Å²) in [4.78, 5) is 24.0. The first kappa shape index (κ1) is 10.8. The minimum atomic E-state index is -0.554. The van der Waals surface area contributed by atoms with Crippen LogP contribution in [0.5, 0.6) is 0 Å². The van der Waals surface area contributed by atoms with E-state index in [1.165, 1.54) is 19.2 Å². The molecule has 1 amide bonds. The van der Waals surface area contributed by atoms with Gasteiger partial charge in [-0.3, -0.25) is 14.9 Å². The van der Waals surface area contributed by atoms with Crippen LogP contribution in [0.4, 0.5) is 5.82 Å². The first-order valence-electron chi connectivity index (χ1n) is 4.13. The van der Waals surface area contributed by atoms with Gasteiger partial charge < -0.3 is 5.32 Å². The van der Waals surface area contributed by atoms with E-state index >= 15 is 0 Å². The summed E-state index contributed by atoms with van der Waals surface area (Å²) < 4.78 is 0. The average molecular weight is 207 g/mol. The SMILES string of the molecule is CC(=O)Nc1ccc(C=C[N+](=O)[O-])cn1. The van der Waals surface area contributed by atoms with Crippen LogP contribution in [0.15, 0.2) is 24.5 Å². The van der Waals surface area contributed by atoms with E-state index in [9.17, 15) is 14.9 Å². The summed E-state index contributed by atoms with van der Waals surface area (Å²) in [6, 6.07) is 3.19. The van der Waals surface area contributed by atoms with Crippen molar-refractivity contribution in [1.82, 2.24) is 4.98 Å². The molecule has 15 heavy (non-hydrogen) atoms. The van der Waals surface area contributed by atoms with Gasteiger partial charge in [0.1, 0.15) is 5.82 Å². The standard InChI is InChI=1S/C9H9N3O3/c1-7(13)11-9-3-2-8(6-10-9)4-5-12(14)15/h2-6H,1H3,(H,10,11,13). The Morgan fingerprint density at radius 1 is 1.60 bits per heavy atom. The van der Waals surface area contributed by atoms with E-state index in [1.807, 2.05) is 0 Å². The first-order valence-corrected chi connectivity index (χ1v) is 4.13. The summed E-state index contributed by atoms with van der Waals surface area (Å²) in [6.45, 7) is 1.38. The van der Waals surface area contributed by atoms with E-state index in [0.29, 0.717) is 11.4 Å². The summed E-state index contributed by atoms with van der Waals surface area (Å²) in [5, 5.41) is 12.5. The minimum Gasteiger partial charge on any atom is -0.311 e. The third-order valence-corrected chi connectivity index (χ3v) is 1.48. The number of carbonyl (C=O) groups excluding carboxylic acids is 1. The molecule has 6 nitrogen and oxygen atoms in total. The molecule has 0 atom stereocenters. The quantitative estimate of drug-likeness (QED) is 0.597. The average Bonchev–Trinajstić information content (AvgIpc) is 2.16. The molecule has 0 saturated carbocycles. The van der Waals surface area contributed by atoms with Crippen molar-refractivity contribution in [3.63, 3.8) is 0 Å². The number of hydrogen-bond acceptors (Lipinski definition) is 4. The molecule has 0 fully saturated rings. The summed E-state index contributed by atoms with van der Waals surface area (Å²) in [6.07, 6.45) is 3.59. The Balaban J connectivity index is 2.72. The minimum absolute atomic E-state index is 0.212. The van der Waals surface area contributed by atoms with Crippen molar-refractivity contribution >= 4 is 17.8 Å². The van der Waals surface area contributed by atoms with Crippen molar-refractivity contribution in [1.29, 1.82) is 0 Å². The molecule has 0 bridgehead atoms. The Labute approximate surface area is 85.8 Å². The highest BCUT2D eigenvalue weighted by Gasteiger charge is 1.96. The topological polar surface area (TPSA) is 85.1 Å². The maximum absolute atomic E-state index is 10.7. The van der Waals surface area contributed by atoms with Crippen LogP contribution in [-0.4, -0.2) is 15.8 Å². The number of nitrogens with one attached hydrogen (secondary N) is 1. The lowest BCUT2D eigenvalue weighted by molar-refractivity contribution is -0.400. The summed E-state index contributed by atoms with van der Waals surface area (Å²) in [7, 11) is 0. The van der Waals surface area contributed by atoms with E-state index in [-0.39, 0.29) is 5.91 Å². The van der Waals surface area contributed by atoms with Crippen molar-refractivity contribution in [2.24, 2.45) is 0 Å². The van der Waals surface area contributed by atoms with Crippen LogP contribution in [0.3, 0.4) is 0 Å². The van der Waals surface area contributed by atoms with Crippen LogP contribution in [0, 0.1) is 10.1 Å². The van der Waals surface area contributed by atoms with E-state index in [1.54, 1.807) is 12.1 Å². The molecule has 0 aromatic carbocycles. The summed E-state index contributed by atoms with van der Waals surface area (Å²) in [5.74, 6) is 0.205. The maximum atomic E-state index is 10.7. The van der Waals surface area contributed by atoms with Crippen LogP contribution in [0.2, 0.25) is 0 Å². The zero-order valence-electron chi connectivity index (χ0n) is 8.01. The van der Waals surface area contributed by atoms with E-state index < -0.39 is 4.92 Å². The summed E-state index contributed by atoms with van der Waals surface area (Å²) >= 11 is 0. The Morgan fingerprint density at radius 3 is 2.80 bits per heavy atom. The molecule has 0 radical (unpaired) electrons. The highest BCUT2D eigenvalue weighted by atomic mass is 16.6. The lowest BCUT2D eigenvalue weighted by Crippen LogP contribution is -2.06. The van der Waals surface area contributed by atoms with Gasteiger partial charge in [0.15, 0.2) is 0 Å². The van der Waals surface area contributed by atoms with E-state index in [2.05, 4.69) is 10.3 Å². The van der Waals surface area contributed by atoms with Crippen LogP contribution in [-0.2, 0) is 4.79 Å². The molecule has 1 aromatic rings. The number of hydrogen-bond donors (Lipinski definition) is 1. The molecule has 1 N–H and O–H groups in total. The molecular formula is C9H9N3O3. The number of aromatic nitrogens is 1. The molecule has 1 heterocycles. The van der Waals surface area contributed by atoms with Gasteiger partial charge in [0, 0.05) is 19.2 Å². The van der Waals surface area contributed by atoms with Crippen LogP contribution in [0.25, 0.3) is 6.08 Å². The van der Waals surface area contributed by atoms with Gasteiger partial charge in [-0.15, -0.1) is 0 Å². The second-order valence-electron chi connectivity index (χ2n) is 2.76. The van der Waals surface area contributed by atoms with Gasteiger partial charge in [-0.05, 0) is 17.7 Å². The fraction of sp³-hybridized carbons (Fsp3) is 0.111. The van der Waals surface area contributed by atoms with Crippen LogP contribution < -0.4 is 5.32 Å². The Hall–Kier alpha value is -2.24. The first-order chi connectivity index (χ1) is 7.08. The Bertz CT molecular complexity index is 398. The number of nitrogens with zero attached hydrogens (tertiary/aromatic N) is 2. The molecule has 0 unspecified atom stereocenters. The molecule has 0 saturated heterocycles. The number of rotatable bonds is 3. The third-order valence-electron chi connectivity index (χ3n) is 1.48. The van der Waals surface area contributed by atoms with Crippen molar-refractivity contribution in [2.45, 2.75) is 6.92 Å². The molecular weight excluding hydrogens is 198 g/mol. The maximum Gasteiger partial charge on any atom is 0.235 e. The Kier molecular flexibility index (Phi) is 3.50. The van der Waals surface area contributed by atoms with Gasteiger partial charge >= 0.3 is 0 Å². The lowest BCUT2D eigenvalue weighted by atomic mass is 10.3. The smallest absolute Gasteiger partial charge is 0.235 e. The van der Waals surface area contributed by atoms with Gasteiger partial charge in [-0.2, -0.15) is 0 Å². The lowest BCUT2D eigenvalue weighted by Gasteiger charge is -1.99. The second-order valence-corrected chi connectivity index (χ2v) is 2.76. The van der Waals surface area contributed by atoms with Gasteiger partial charge in [-0.25, -0.2) is 4.98 Å².